The fourth-order valence-corrected chi connectivity index (χ4v) is 2.79. The Hall–Kier alpha value is -0.590. The molecular formula is C12H19ClN2O2S2. The molecule has 0 aliphatic heterocycles. The zero-order chi connectivity index (χ0) is 14.3. The van der Waals surface area contributed by atoms with Crippen LogP contribution < -0.4 is 4.84 Å². The molecule has 0 aliphatic carbocycles. The van der Waals surface area contributed by atoms with Gasteiger partial charge in [-0.15, -0.1) is 22.9 Å². The lowest BCUT2D eigenvalue weighted by Gasteiger charge is -2.18. The minimum atomic E-state index is -0.363. The number of nitrogens with zero attached hydrogens (tertiary/aromatic N) is 2. The van der Waals surface area contributed by atoms with Gasteiger partial charge in [0.25, 0.3) is 0 Å². The number of halogens is 1. The van der Waals surface area contributed by atoms with E-state index < -0.39 is 0 Å². The predicted octanol–water partition coefficient (Wildman–Crippen LogP) is 3.73. The molecule has 0 radical (unpaired) electrons. The van der Waals surface area contributed by atoms with Crippen molar-refractivity contribution in [2.45, 2.75) is 33.1 Å². The maximum Gasteiger partial charge on any atom is 0.434 e. The summed E-state index contributed by atoms with van der Waals surface area (Å²) >= 11 is 12.3. The minimum Gasteiger partial charge on any atom is -0.315 e. The maximum atomic E-state index is 11.9. The number of aryl methyl sites for hydroxylation is 1. The average Bonchev–Trinajstić information content (AvgIpc) is 2.73. The zero-order valence-corrected chi connectivity index (χ0v) is 13.6. The van der Waals surface area contributed by atoms with Crippen molar-refractivity contribution in [3.8, 4) is 0 Å². The van der Waals surface area contributed by atoms with E-state index >= 15 is 0 Å². The fraction of sp³-hybridized carbons (Fsp3) is 0.667. The molecule has 0 aromatic carbocycles. The minimum absolute atomic E-state index is 0.363. The molecule has 1 amide bonds. The molecule has 0 unspecified atom stereocenters. The molecular weight excluding hydrogens is 304 g/mol. The number of rotatable bonds is 7. The lowest BCUT2D eigenvalue weighted by Crippen LogP contribution is -2.37. The summed E-state index contributed by atoms with van der Waals surface area (Å²) in [5.41, 5.74) is 0.931. The smallest absolute Gasteiger partial charge is 0.315 e. The summed E-state index contributed by atoms with van der Waals surface area (Å²) in [5.74, 6) is 0.643. The van der Waals surface area contributed by atoms with Gasteiger partial charge in [0, 0.05) is 24.3 Å². The van der Waals surface area contributed by atoms with Crippen LogP contribution in [0.3, 0.4) is 0 Å². The second kappa shape index (κ2) is 8.55. The lowest BCUT2D eigenvalue weighted by molar-refractivity contribution is 0.0920. The number of unbranched alkanes of at least 4 members (excludes halogenated alkanes) is 1. The highest BCUT2D eigenvalue weighted by Gasteiger charge is 2.15. The van der Waals surface area contributed by atoms with Gasteiger partial charge in [-0.05, 0) is 45.3 Å². The van der Waals surface area contributed by atoms with E-state index in [9.17, 15) is 4.79 Å². The second-order valence-corrected chi connectivity index (χ2v) is 5.84. The third-order valence-corrected chi connectivity index (χ3v) is 4.21. The Labute approximate surface area is 127 Å². The SMILES string of the molecule is CCN(CC)C(=O)On1c(CCCCCl)csc1=S. The number of hydrogen-bond donors (Lipinski definition) is 0. The molecule has 1 aromatic rings. The van der Waals surface area contributed by atoms with Gasteiger partial charge in [0.05, 0.1) is 5.69 Å². The normalized spacial score (nSPS) is 10.5. The number of carbonyl (C=O) groups excluding carboxylic acids is 1. The van der Waals surface area contributed by atoms with Crippen LogP contribution in [0.25, 0.3) is 0 Å². The first-order valence-electron chi connectivity index (χ1n) is 6.36. The Morgan fingerprint density at radius 3 is 2.74 bits per heavy atom. The number of carbonyl (C=O) groups is 1. The Morgan fingerprint density at radius 2 is 2.16 bits per heavy atom. The zero-order valence-electron chi connectivity index (χ0n) is 11.2. The van der Waals surface area contributed by atoms with E-state index in [4.69, 9.17) is 28.7 Å². The first-order valence-corrected chi connectivity index (χ1v) is 8.18. The summed E-state index contributed by atoms with van der Waals surface area (Å²) in [6.45, 7) is 5.07. The van der Waals surface area contributed by atoms with Gasteiger partial charge in [0.2, 0.25) is 0 Å². The Balaban J connectivity index is 2.74. The van der Waals surface area contributed by atoms with Gasteiger partial charge in [-0.25, -0.2) is 4.79 Å². The highest BCUT2D eigenvalue weighted by molar-refractivity contribution is 7.73. The average molecular weight is 323 g/mol. The van der Waals surface area contributed by atoms with E-state index in [0.29, 0.717) is 22.9 Å². The Bertz CT molecular complexity index is 455. The molecule has 0 atom stereocenters. The van der Waals surface area contributed by atoms with E-state index in [1.165, 1.54) is 16.1 Å². The predicted molar refractivity (Wildman–Crippen MR) is 81.7 cm³/mol. The van der Waals surface area contributed by atoms with Crippen LogP contribution in [0, 0.1) is 3.95 Å². The molecule has 0 bridgehead atoms. The van der Waals surface area contributed by atoms with E-state index in [1.54, 1.807) is 4.90 Å². The monoisotopic (exact) mass is 322 g/mol. The molecule has 0 saturated heterocycles. The van der Waals surface area contributed by atoms with Crippen LogP contribution in [0.2, 0.25) is 0 Å². The van der Waals surface area contributed by atoms with Crippen molar-refractivity contribution >= 4 is 41.2 Å². The van der Waals surface area contributed by atoms with Crippen LogP contribution in [0.15, 0.2) is 5.38 Å². The van der Waals surface area contributed by atoms with Crippen molar-refractivity contribution in [2.75, 3.05) is 19.0 Å². The molecule has 0 N–H and O–H groups in total. The Morgan fingerprint density at radius 1 is 1.47 bits per heavy atom. The standard InChI is InChI=1S/C12H19ClN2O2S2/c1-3-14(4-2)11(16)17-15-10(7-5-6-8-13)9-19-12(15)18/h9H,3-8H2,1-2H3. The summed E-state index contributed by atoms with van der Waals surface area (Å²) < 4.78 is 2.02. The highest BCUT2D eigenvalue weighted by Crippen LogP contribution is 2.13. The molecule has 19 heavy (non-hydrogen) atoms. The van der Waals surface area contributed by atoms with Crippen LogP contribution in [-0.4, -0.2) is 34.7 Å². The van der Waals surface area contributed by atoms with Gasteiger partial charge in [-0.2, -0.15) is 4.73 Å². The molecule has 0 spiro atoms. The molecule has 108 valence electrons. The summed E-state index contributed by atoms with van der Waals surface area (Å²) in [5, 5.41) is 1.94. The van der Waals surface area contributed by atoms with Crippen LogP contribution in [0.5, 0.6) is 0 Å². The second-order valence-electron chi connectivity index (χ2n) is 3.96. The summed E-state index contributed by atoms with van der Waals surface area (Å²) in [4.78, 5) is 18.9. The number of amides is 1. The largest absolute Gasteiger partial charge is 0.434 e. The number of aromatic nitrogens is 1. The van der Waals surface area contributed by atoms with Crippen molar-refractivity contribution in [2.24, 2.45) is 0 Å². The van der Waals surface area contributed by atoms with Crippen molar-refractivity contribution in [1.82, 2.24) is 9.63 Å². The van der Waals surface area contributed by atoms with Crippen LogP contribution in [0.1, 0.15) is 32.4 Å². The third kappa shape index (κ3) is 4.78. The van der Waals surface area contributed by atoms with Crippen molar-refractivity contribution in [1.29, 1.82) is 0 Å². The fourth-order valence-electron chi connectivity index (χ4n) is 1.61. The van der Waals surface area contributed by atoms with Crippen LogP contribution >= 0.6 is 35.2 Å². The van der Waals surface area contributed by atoms with Crippen molar-refractivity contribution in [3.63, 3.8) is 0 Å². The number of alkyl halides is 1. The molecule has 1 heterocycles. The third-order valence-electron chi connectivity index (χ3n) is 2.73. The maximum absolute atomic E-state index is 11.9. The quantitative estimate of drug-likeness (QED) is 0.436. The molecule has 1 rings (SSSR count). The van der Waals surface area contributed by atoms with Gasteiger partial charge < -0.3 is 9.74 Å². The summed E-state index contributed by atoms with van der Waals surface area (Å²) in [6, 6.07) is 0. The van der Waals surface area contributed by atoms with Crippen LogP contribution in [-0.2, 0) is 6.42 Å². The van der Waals surface area contributed by atoms with Gasteiger partial charge in [-0.1, -0.05) is 0 Å². The molecule has 0 fully saturated rings. The van der Waals surface area contributed by atoms with Gasteiger partial charge in [-0.3, -0.25) is 0 Å². The van der Waals surface area contributed by atoms with E-state index in [1.807, 2.05) is 19.2 Å². The molecule has 1 aromatic heterocycles. The molecule has 4 nitrogen and oxygen atoms in total. The van der Waals surface area contributed by atoms with Gasteiger partial charge >= 0.3 is 6.09 Å². The van der Waals surface area contributed by atoms with Gasteiger partial charge in [0.1, 0.15) is 0 Å². The van der Waals surface area contributed by atoms with Crippen molar-refractivity contribution < 1.29 is 9.63 Å². The van der Waals surface area contributed by atoms with Gasteiger partial charge in [0.15, 0.2) is 3.95 Å². The van der Waals surface area contributed by atoms with Crippen molar-refractivity contribution in [3.05, 3.63) is 15.0 Å². The Kier molecular flexibility index (Phi) is 7.41. The first kappa shape index (κ1) is 16.5. The molecule has 0 aliphatic rings. The topological polar surface area (TPSA) is 34.5 Å². The highest BCUT2D eigenvalue weighted by atomic mass is 35.5. The van der Waals surface area contributed by atoms with E-state index in [2.05, 4.69) is 0 Å². The summed E-state index contributed by atoms with van der Waals surface area (Å²) in [6.07, 6.45) is 2.34. The lowest BCUT2D eigenvalue weighted by atomic mass is 10.2. The van der Waals surface area contributed by atoms with Crippen LogP contribution in [0.4, 0.5) is 4.79 Å². The summed E-state index contributed by atoms with van der Waals surface area (Å²) in [7, 11) is 0. The van der Waals surface area contributed by atoms with E-state index in [0.717, 1.165) is 25.0 Å². The number of thiazole rings is 1. The van der Waals surface area contributed by atoms with E-state index in [-0.39, 0.29) is 6.09 Å². The first-order chi connectivity index (χ1) is 9.13. The molecule has 7 heteroatoms. The molecule has 0 saturated carbocycles. The number of hydrogen-bond acceptors (Lipinski definition) is 4.